The van der Waals surface area contributed by atoms with Crippen molar-refractivity contribution < 1.29 is 13.0 Å². The zero-order valence-corrected chi connectivity index (χ0v) is 8.00. The molecule has 13 heavy (non-hydrogen) atoms. The Labute approximate surface area is 77.5 Å². The van der Waals surface area contributed by atoms with Crippen molar-refractivity contribution in [1.82, 2.24) is 4.90 Å². The monoisotopic (exact) mass is 204 g/mol. The lowest BCUT2D eigenvalue weighted by Gasteiger charge is -2.16. The summed E-state index contributed by atoms with van der Waals surface area (Å²) in [6.07, 6.45) is 1.58. The van der Waals surface area contributed by atoms with E-state index in [1.165, 1.54) is 0 Å². The Kier molecular flexibility index (Phi) is 3.05. The molecule has 74 valence electrons. The van der Waals surface area contributed by atoms with Gasteiger partial charge in [-0.15, -0.1) is 0 Å². The van der Waals surface area contributed by atoms with Crippen LogP contribution in [0, 0.1) is 0 Å². The third-order valence-electron chi connectivity index (χ3n) is 1.77. The lowest BCUT2D eigenvalue weighted by Crippen LogP contribution is -2.31. The van der Waals surface area contributed by atoms with Gasteiger partial charge in [0.25, 0.3) is 10.1 Å². The van der Waals surface area contributed by atoms with Crippen molar-refractivity contribution in [1.29, 1.82) is 0 Å². The molecule has 1 aliphatic rings. The molecule has 0 radical (unpaired) electrons. The lowest BCUT2D eigenvalue weighted by molar-refractivity contribution is 0.451. The van der Waals surface area contributed by atoms with Crippen molar-refractivity contribution in [2.45, 2.75) is 0 Å². The van der Waals surface area contributed by atoms with Crippen LogP contribution in [0.4, 0.5) is 0 Å². The first kappa shape index (κ1) is 10.2. The van der Waals surface area contributed by atoms with E-state index in [1.807, 2.05) is 0 Å². The van der Waals surface area contributed by atoms with Crippen LogP contribution < -0.4 is 0 Å². The van der Waals surface area contributed by atoms with Gasteiger partial charge in [-0.1, -0.05) is 6.58 Å². The zero-order valence-electron chi connectivity index (χ0n) is 7.18. The normalized spacial score (nSPS) is 17.3. The van der Waals surface area contributed by atoms with Crippen molar-refractivity contribution in [2.24, 2.45) is 4.99 Å². The van der Waals surface area contributed by atoms with Gasteiger partial charge in [0.15, 0.2) is 0 Å². The summed E-state index contributed by atoms with van der Waals surface area (Å²) < 4.78 is 29.4. The molecule has 0 aromatic heterocycles. The van der Waals surface area contributed by atoms with Crippen molar-refractivity contribution in [3.63, 3.8) is 0 Å². The molecule has 0 amide bonds. The molecule has 0 unspecified atom stereocenters. The molecule has 1 N–H and O–H groups in total. The fourth-order valence-corrected chi connectivity index (χ4v) is 1.60. The average Bonchev–Trinajstić information content (AvgIpc) is 2.46. The number of rotatable bonds is 4. The first-order chi connectivity index (χ1) is 6.03. The Morgan fingerprint density at radius 2 is 2.38 bits per heavy atom. The zero-order chi connectivity index (χ0) is 9.90. The van der Waals surface area contributed by atoms with Gasteiger partial charge in [0.2, 0.25) is 0 Å². The Morgan fingerprint density at radius 1 is 1.69 bits per heavy atom. The summed E-state index contributed by atoms with van der Waals surface area (Å²) in [5, 5.41) is 0. The predicted octanol–water partition coefficient (Wildman–Crippen LogP) is -0.226. The van der Waals surface area contributed by atoms with E-state index < -0.39 is 10.1 Å². The summed E-state index contributed by atoms with van der Waals surface area (Å²) in [7, 11) is -3.87. The van der Waals surface area contributed by atoms with Crippen molar-refractivity contribution in [3.8, 4) is 0 Å². The number of hydrogen-bond donors (Lipinski definition) is 1. The van der Waals surface area contributed by atoms with Gasteiger partial charge in [0, 0.05) is 13.1 Å². The second kappa shape index (κ2) is 3.89. The molecule has 0 bridgehead atoms. The maximum absolute atomic E-state index is 10.4. The Morgan fingerprint density at radius 3 is 2.92 bits per heavy atom. The van der Waals surface area contributed by atoms with Crippen molar-refractivity contribution in [3.05, 3.63) is 12.7 Å². The summed E-state index contributed by atoms with van der Waals surface area (Å²) in [4.78, 5) is 5.86. The molecule has 0 atom stereocenters. The van der Waals surface area contributed by atoms with Crippen LogP contribution in [0.5, 0.6) is 0 Å². The second-order valence-corrected chi connectivity index (χ2v) is 4.29. The molecule has 0 aliphatic carbocycles. The number of hydrogen-bond acceptors (Lipinski definition) is 4. The summed E-state index contributed by atoms with van der Waals surface area (Å²) in [6.45, 7) is 5.17. The van der Waals surface area contributed by atoms with Crippen molar-refractivity contribution in [2.75, 3.05) is 25.4 Å². The highest BCUT2D eigenvalue weighted by Gasteiger charge is 2.16. The summed E-state index contributed by atoms with van der Waals surface area (Å²) >= 11 is 0. The van der Waals surface area contributed by atoms with Crippen LogP contribution in [0.2, 0.25) is 0 Å². The topological polar surface area (TPSA) is 70.0 Å². The van der Waals surface area contributed by atoms with Crippen LogP contribution >= 0.6 is 0 Å². The maximum atomic E-state index is 10.4. The Bertz CT molecular complexity index is 321. The summed E-state index contributed by atoms with van der Waals surface area (Å²) in [5.74, 6) is 0.434. The number of amidine groups is 1. The highest BCUT2D eigenvalue weighted by molar-refractivity contribution is 7.85. The van der Waals surface area contributed by atoms with Gasteiger partial charge >= 0.3 is 0 Å². The minimum absolute atomic E-state index is 0.264. The van der Waals surface area contributed by atoms with Gasteiger partial charge in [-0.2, -0.15) is 8.42 Å². The molecule has 0 saturated carbocycles. The molecule has 6 heteroatoms. The van der Waals surface area contributed by atoms with Crippen molar-refractivity contribution >= 4 is 16.0 Å². The highest BCUT2D eigenvalue weighted by Crippen LogP contribution is 2.02. The third kappa shape index (κ3) is 3.16. The molecule has 0 fully saturated rings. The Hall–Kier alpha value is -0.880. The van der Waals surface area contributed by atoms with Crippen LogP contribution in [0.1, 0.15) is 0 Å². The quantitative estimate of drug-likeness (QED) is 0.642. The van der Waals surface area contributed by atoms with Crippen LogP contribution in [-0.4, -0.2) is 49.1 Å². The first-order valence-electron chi connectivity index (χ1n) is 3.90. The molecular weight excluding hydrogens is 192 g/mol. The number of nitrogens with zero attached hydrogens (tertiary/aromatic N) is 2. The van der Waals surface area contributed by atoms with Gasteiger partial charge in [-0.3, -0.25) is 9.55 Å². The molecule has 1 heterocycles. The van der Waals surface area contributed by atoms with Crippen LogP contribution in [0.15, 0.2) is 17.6 Å². The molecular formula is C7H12N2O3S. The fraction of sp³-hybridized carbons (Fsp3) is 0.571. The van der Waals surface area contributed by atoms with E-state index in [9.17, 15) is 8.42 Å². The highest BCUT2D eigenvalue weighted by atomic mass is 32.2. The van der Waals surface area contributed by atoms with Gasteiger partial charge in [-0.05, 0) is 6.08 Å². The van der Waals surface area contributed by atoms with Gasteiger partial charge < -0.3 is 4.90 Å². The predicted molar refractivity (Wildman–Crippen MR) is 50.5 cm³/mol. The van der Waals surface area contributed by atoms with Crippen LogP contribution in [0.25, 0.3) is 0 Å². The molecule has 1 aliphatic heterocycles. The van der Waals surface area contributed by atoms with Gasteiger partial charge in [0.1, 0.15) is 5.84 Å². The fourth-order valence-electron chi connectivity index (χ4n) is 1.15. The number of aliphatic imine (C=N–C) groups is 1. The molecule has 1 rings (SSSR count). The summed E-state index contributed by atoms with van der Waals surface area (Å²) in [6, 6.07) is 0. The van der Waals surface area contributed by atoms with E-state index in [-0.39, 0.29) is 12.3 Å². The van der Waals surface area contributed by atoms with Crippen LogP contribution in [0.3, 0.4) is 0 Å². The third-order valence-corrected chi connectivity index (χ3v) is 2.47. The molecule has 0 aromatic carbocycles. The van der Waals surface area contributed by atoms with E-state index in [1.54, 1.807) is 11.0 Å². The van der Waals surface area contributed by atoms with Crippen LogP contribution in [-0.2, 0) is 10.1 Å². The van der Waals surface area contributed by atoms with E-state index in [2.05, 4.69) is 11.6 Å². The van der Waals surface area contributed by atoms with E-state index in [0.29, 0.717) is 18.9 Å². The average molecular weight is 204 g/mol. The Balaban J connectivity index is 2.47. The van der Waals surface area contributed by atoms with E-state index >= 15 is 0 Å². The largest absolute Gasteiger partial charge is 0.354 e. The van der Waals surface area contributed by atoms with E-state index in [4.69, 9.17) is 4.55 Å². The van der Waals surface area contributed by atoms with Gasteiger partial charge in [0.05, 0.1) is 12.3 Å². The maximum Gasteiger partial charge on any atom is 0.266 e. The van der Waals surface area contributed by atoms with Gasteiger partial charge in [-0.25, -0.2) is 0 Å². The SMILES string of the molecule is C=CC1=NCCN1CCS(=O)(=O)O. The first-order valence-corrected chi connectivity index (χ1v) is 5.51. The molecule has 5 nitrogen and oxygen atoms in total. The standard InChI is InChI=1S/C7H12N2O3S/c1-2-7-8-3-4-9(7)5-6-13(10,11)12/h2H,1,3-6H2,(H,10,11,12). The minimum Gasteiger partial charge on any atom is -0.354 e. The molecule has 0 spiro atoms. The second-order valence-electron chi connectivity index (χ2n) is 2.72. The smallest absolute Gasteiger partial charge is 0.266 e. The van der Waals surface area contributed by atoms with E-state index in [0.717, 1.165) is 0 Å². The molecule has 0 saturated heterocycles. The lowest BCUT2D eigenvalue weighted by atomic mass is 10.5. The summed E-state index contributed by atoms with van der Waals surface area (Å²) in [5.41, 5.74) is 0. The molecule has 0 aromatic rings. The minimum atomic E-state index is -3.87.